The van der Waals surface area contributed by atoms with Gasteiger partial charge in [-0.25, -0.2) is 4.39 Å². The van der Waals surface area contributed by atoms with Crippen LogP contribution in [0.25, 0.3) is 0 Å². The summed E-state index contributed by atoms with van der Waals surface area (Å²) in [6.45, 7) is 6.09. The van der Waals surface area contributed by atoms with Gasteiger partial charge in [-0.3, -0.25) is 0 Å². The third-order valence-electron chi connectivity index (χ3n) is 2.29. The van der Waals surface area contributed by atoms with E-state index in [-0.39, 0.29) is 11.9 Å². The number of rotatable bonds is 4. The van der Waals surface area contributed by atoms with E-state index in [4.69, 9.17) is 11.6 Å². The molecule has 0 aliphatic heterocycles. The molecule has 0 fully saturated rings. The van der Waals surface area contributed by atoms with Crippen LogP contribution in [0, 0.1) is 5.82 Å². The summed E-state index contributed by atoms with van der Waals surface area (Å²) in [4.78, 5) is 0. The quantitative estimate of drug-likeness (QED) is 0.825. The van der Waals surface area contributed by atoms with Crippen LogP contribution in [0.2, 0.25) is 5.02 Å². The Morgan fingerprint density at radius 1 is 1.40 bits per heavy atom. The molecule has 0 saturated heterocycles. The molecule has 1 N–H and O–H groups in total. The summed E-state index contributed by atoms with van der Waals surface area (Å²) >= 11 is 6.01. The van der Waals surface area contributed by atoms with Crippen molar-refractivity contribution >= 4 is 11.6 Å². The van der Waals surface area contributed by atoms with Gasteiger partial charge in [0.1, 0.15) is 5.82 Å². The average Bonchev–Trinajstić information content (AvgIpc) is 2.15. The van der Waals surface area contributed by atoms with Crippen molar-refractivity contribution in [1.82, 2.24) is 5.32 Å². The van der Waals surface area contributed by atoms with Gasteiger partial charge in [-0.2, -0.15) is 0 Å². The Labute approximate surface area is 95.6 Å². The number of hydrogen-bond donors (Lipinski definition) is 1. The number of benzene rings is 1. The van der Waals surface area contributed by atoms with Crippen molar-refractivity contribution in [2.24, 2.45) is 0 Å². The standard InChI is InChI=1S/C12H17ClFN/c1-4-11(15-8(2)3)12-9(13)6-5-7-10(12)14/h5-8,11,15H,4H2,1-3H3. The summed E-state index contributed by atoms with van der Waals surface area (Å²) < 4.78 is 13.6. The smallest absolute Gasteiger partial charge is 0.129 e. The Kier molecular flexibility index (Phi) is 4.55. The first-order valence-electron chi connectivity index (χ1n) is 5.26. The maximum absolute atomic E-state index is 13.6. The third-order valence-corrected chi connectivity index (χ3v) is 2.62. The van der Waals surface area contributed by atoms with Gasteiger partial charge >= 0.3 is 0 Å². The molecule has 3 heteroatoms. The summed E-state index contributed by atoms with van der Waals surface area (Å²) in [6, 6.07) is 5.10. The maximum atomic E-state index is 13.6. The first-order chi connectivity index (χ1) is 7.06. The zero-order chi connectivity index (χ0) is 11.4. The van der Waals surface area contributed by atoms with Gasteiger partial charge in [-0.1, -0.05) is 38.4 Å². The first kappa shape index (κ1) is 12.5. The predicted octanol–water partition coefficient (Wildman–Crippen LogP) is 3.93. The van der Waals surface area contributed by atoms with Crippen LogP contribution in [-0.4, -0.2) is 6.04 Å². The molecule has 0 radical (unpaired) electrons. The normalized spacial score (nSPS) is 13.2. The molecule has 0 aliphatic carbocycles. The molecule has 0 heterocycles. The van der Waals surface area contributed by atoms with Crippen LogP contribution in [0.3, 0.4) is 0 Å². The monoisotopic (exact) mass is 229 g/mol. The second-order valence-corrected chi connectivity index (χ2v) is 4.32. The summed E-state index contributed by atoms with van der Waals surface area (Å²) in [5.74, 6) is -0.234. The molecule has 0 amide bonds. The molecule has 0 aromatic heterocycles. The van der Waals surface area contributed by atoms with Crippen molar-refractivity contribution in [2.75, 3.05) is 0 Å². The van der Waals surface area contributed by atoms with E-state index >= 15 is 0 Å². The van der Waals surface area contributed by atoms with Crippen LogP contribution in [0.1, 0.15) is 38.8 Å². The van der Waals surface area contributed by atoms with Crippen molar-refractivity contribution in [3.8, 4) is 0 Å². The SMILES string of the molecule is CCC(NC(C)C)c1c(F)cccc1Cl. The highest BCUT2D eigenvalue weighted by molar-refractivity contribution is 6.31. The molecule has 0 saturated carbocycles. The fraction of sp³-hybridized carbons (Fsp3) is 0.500. The molecule has 15 heavy (non-hydrogen) atoms. The van der Waals surface area contributed by atoms with Gasteiger partial charge in [0.15, 0.2) is 0 Å². The van der Waals surface area contributed by atoms with Crippen molar-refractivity contribution in [2.45, 2.75) is 39.3 Å². The highest BCUT2D eigenvalue weighted by Crippen LogP contribution is 2.28. The Bertz CT molecular complexity index is 305. The van der Waals surface area contributed by atoms with Crippen molar-refractivity contribution in [1.29, 1.82) is 0 Å². The fourth-order valence-electron chi connectivity index (χ4n) is 1.65. The van der Waals surface area contributed by atoms with Crippen molar-refractivity contribution < 1.29 is 4.39 Å². The van der Waals surface area contributed by atoms with E-state index < -0.39 is 0 Å². The number of halogens is 2. The molecule has 0 bridgehead atoms. The number of hydrogen-bond acceptors (Lipinski definition) is 1. The van der Waals surface area contributed by atoms with Crippen molar-refractivity contribution in [3.05, 3.63) is 34.6 Å². The topological polar surface area (TPSA) is 12.0 Å². The Morgan fingerprint density at radius 2 is 2.07 bits per heavy atom. The molecule has 1 atom stereocenters. The van der Waals surface area contributed by atoms with Gasteiger partial charge < -0.3 is 5.32 Å². The molecule has 1 nitrogen and oxygen atoms in total. The largest absolute Gasteiger partial charge is 0.308 e. The van der Waals surface area contributed by atoms with E-state index in [0.717, 1.165) is 6.42 Å². The highest BCUT2D eigenvalue weighted by atomic mass is 35.5. The van der Waals surface area contributed by atoms with Gasteiger partial charge in [-0.05, 0) is 18.6 Å². The predicted molar refractivity (Wildman–Crippen MR) is 62.7 cm³/mol. The maximum Gasteiger partial charge on any atom is 0.129 e. The minimum absolute atomic E-state index is 0.0151. The fourth-order valence-corrected chi connectivity index (χ4v) is 1.95. The van der Waals surface area contributed by atoms with Gasteiger partial charge in [0.25, 0.3) is 0 Å². The Balaban J connectivity index is 3.00. The van der Waals surface area contributed by atoms with Crippen LogP contribution < -0.4 is 5.32 Å². The Hall–Kier alpha value is -0.600. The lowest BCUT2D eigenvalue weighted by Crippen LogP contribution is -2.28. The Morgan fingerprint density at radius 3 is 2.53 bits per heavy atom. The molecule has 0 aliphatic rings. The minimum atomic E-state index is -0.234. The molecule has 1 unspecified atom stereocenters. The second-order valence-electron chi connectivity index (χ2n) is 3.92. The first-order valence-corrected chi connectivity index (χ1v) is 5.64. The van der Waals surface area contributed by atoms with E-state index in [1.807, 2.05) is 20.8 Å². The van der Waals surface area contributed by atoms with Crippen LogP contribution in [0.4, 0.5) is 4.39 Å². The number of nitrogens with one attached hydrogen (secondary N) is 1. The summed E-state index contributed by atoms with van der Waals surface area (Å²) in [7, 11) is 0. The molecule has 1 rings (SSSR count). The summed E-state index contributed by atoms with van der Waals surface area (Å²) in [5.41, 5.74) is 0.579. The molecular weight excluding hydrogens is 213 g/mol. The minimum Gasteiger partial charge on any atom is -0.308 e. The third kappa shape index (κ3) is 3.18. The van der Waals surface area contributed by atoms with Crippen LogP contribution in [-0.2, 0) is 0 Å². The summed E-state index contributed by atoms with van der Waals surface area (Å²) in [5, 5.41) is 3.80. The van der Waals surface area contributed by atoms with Crippen LogP contribution in [0.15, 0.2) is 18.2 Å². The van der Waals surface area contributed by atoms with Gasteiger partial charge in [-0.15, -0.1) is 0 Å². The molecule has 1 aromatic carbocycles. The van der Waals surface area contributed by atoms with Gasteiger partial charge in [0.2, 0.25) is 0 Å². The molecule has 84 valence electrons. The van der Waals surface area contributed by atoms with E-state index in [0.29, 0.717) is 16.6 Å². The van der Waals surface area contributed by atoms with Crippen LogP contribution in [0.5, 0.6) is 0 Å². The van der Waals surface area contributed by atoms with Gasteiger partial charge in [0, 0.05) is 22.7 Å². The lowest BCUT2D eigenvalue weighted by Gasteiger charge is -2.21. The van der Waals surface area contributed by atoms with E-state index in [2.05, 4.69) is 5.32 Å². The molecule has 1 aromatic rings. The molecular formula is C12H17ClFN. The van der Waals surface area contributed by atoms with E-state index in [1.165, 1.54) is 6.07 Å². The highest BCUT2D eigenvalue weighted by Gasteiger charge is 2.17. The van der Waals surface area contributed by atoms with Gasteiger partial charge in [0.05, 0.1) is 0 Å². The van der Waals surface area contributed by atoms with Crippen LogP contribution >= 0.6 is 11.6 Å². The van der Waals surface area contributed by atoms with E-state index in [1.54, 1.807) is 12.1 Å². The second kappa shape index (κ2) is 5.47. The summed E-state index contributed by atoms with van der Waals surface area (Å²) in [6.07, 6.45) is 0.818. The lowest BCUT2D eigenvalue weighted by molar-refractivity contribution is 0.448. The van der Waals surface area contributed by atoms with Crippen molar-refractivity contribution in [3.63, 3.8) is 0 Å². The molecule has 0 spiro atoms. The average molecular weight is 230 g/mol. The zero-order valence-corrected chi connectivity index (χ0v) is 10.1. The van der Waals surface area contributed by atoms with E-state index in [9.17, 15) is 4.39 Å². The zero-order valence-electron chi connectivity index (χ0n) is 9.35. The lowest BCUT2D eigenvalue weighted by atomic mass is 10.0.